The van der Waals surface area contributed by atoms with Crippen molar-refractivity contribution in [3.05, 3.63) is 113 Å². The lowest BCUT2D eigenvalue weighted by molar-refractivity contribution is 0.836. The fourth-order valence-electron chi connectivity index (χ4n) is 3.75. The van der Waals surface area contributed by atoms with Crippen molar-refractivity contribution in [2.75, 3.05) is 0 Å². The second-order valence-corrected chi connectivity index (χ2v) is 7.91. The first-order valence-corrected chi connectivity index (χ1v) is 10.6. The quantitative estimate of drug-likeness (QED) is 0.220. The number of benzene rings is 3. The van der Waals surface area contributed by atoms with Gasteiger partial charge < -0.3 is 10.3 Å². The summed E-state index contributed by atoms with van der Waals surface area (Å²) in [5.41, 5.74) is 10.8. The largest absolute Gasteiger partial charge is 0.380 e. The molecule has 5 rings (SSSR count). The van der Waals surface area contributed by atoms with Crippen molar-refractivity contribution in [1.82, 2.24) is 9.55 Å². The second-order valence-electron chi connectivity index (χ2n) is 7.48. The van der Waals surface area contributed by atoms with E-state index in [2.05, 4.69) is 44.1 Å². The summed E-state index contributed by atoms with van der Waals surface area (Å²) >= 11 is 6.15. The summed E-state index contributed by atoms with van der Waals surface area (Å²) < 4.78 is 2.18. The van der Waals surface area contributed by atoms with Crippen LogP contribution in [0.3, 0.4) is 0 Å². The third kappa shape index (κ3) is 4.11. The number of para-hydroxylation sites is 2. The molecule has 156 valence electrons. The Morgan fingerprint density at radius 2 is 1.81 bits per heavy atom. The smallest absolute Gasteiger partial charge is 0.172 e. The number of hydrogen-bond acceptors (Lipinski definition) is 3. The van der Waals surface area contributed by atoms with Gasteiger partial charge in [-0.25, -0.2) is 4.98 Å². The molecule has 32 heavy (non-hydrogen) atoms. The van der Waals surface area contributed by atoms with Crippen LogP contribution in [0.15, 0.2) is 101 Å². The van der Waals surface area contributed by atoms with Crippen LogP contribution in [-0.4, -0.2) is 21.6 Å². The molecule has 2 N–H and O–H groups in total. The van der Waals surface area contributed by atoms with Gasteiger partial charge in [0.05, 0.1) is 11.7 Å². The van der Waals surface area contributed by atoms with Crippen LogP contribution in [-0.2, 0) is 6.54 Å². The Labute approximate surface area is 190 Å². The fraction of sp³-hybridized carbons (Fsp3) is 0.0385. The van der Waals surface area contributed by atoms with E-state index in [1.54, 1.807) is 6.21 Å². The molecule has 0 fully saturated rings. The molecule has 5 aromatic rings. The predicted octanol–water partition coefficient (Wildman–Crippen LogP) is 5.63. The maximum atomic E-state index is 6.15. The maximum absolute atomic E-state index is 6.15. The summed E-state index contributed by atoms with van der Waals surface area (Å²) in [6.07, 6.45) is 3.79. The summed E-state index contributed by atoms with van der Waals surface area (Å²) in [4.78, 5) is 4.56. The first kappa shape index (κ1) is 20.0. The average Bonchev–Trinajstić information content (AvgIpc) is 3.16. The lowest BCUT2D eigenvalue weighted by atomic mass is 10.2. The first-order chi connectivity index (χ1) is 15.7. The number of rotatable bonds is 5. The van der Waals surface area contributed by atoms with Crippen LogP contribution in [0.25, 0.3) is 21.8 Å². The van der Waals surface area contributed by atoms with Crippen LogP contribution in [0.5, 0.6) is 0 Å². The number of fused-ring (bicyclic) bond motifs is 2. The third-order valence-corrected chi connectivity index (χ3v) is 5.52. The van der Waals surface area contributed by atoms with E-state index in [4.69, 9.17) is 17.3 Å². The van der Waals surface area contributed by atoms with Crippen LogP contribution in [0.4, 0.5) is 0 Å². The van der Waals surface area contributed by atoms with Crippen LogP contribution in [0, 0.1) is 0 Å². The van der Waals surface area contributed by atoms with Gasteiger partial charge in [-0.05, 0) is 35.9 Å². The minimum Gasteiger partial charge on any atom is -0.380 e. The van der Waals surface area contributed by atoms with Gasteiger partial charge in [-0.3, -0.25) is 0 Å². The van der Waals surface area contributed by atoms with Gasteiger partial charge in [0, 0.05) is 39.6 Å². The Bertz CT molecular complexity index is 1480. The van der Waals surface area contributed by atoms with Gasteiger partial charge in [0.25, 0.3) is 0 Å². The van der Waals surface area contributed by atoms with Crippen LogP contribution >= 0.6 is 11.6 Å². The summed E-state index contributed by atoms with van der Waals surface area (Å²) in [5.74, 6) is 0.273. The van der Waals surface area contributed by atoms with Crippen LogP contribution < -0.4 is 5.73 Å². The molecule has 0 unspecified atom stereocenters. The molecule has 0 saturated carbocycles. The number of hydrogen-bond donors (Lipinski definition) is 1. The van der Waals surface area contributed by atoms with Crippen molar-refractivity contribution in [3.63, 3.8) is 0 Å². The minimum absolute atomic E-state index is 0.273. The Kier molecular flexibility index (Phi) is 5.40. The standard InChI is InChI=1S/C26H20ClN5/c27-21-8-5-6-18(14-21)16-32-17-20(22-9-2-4-11-25(22)32)15-29-31-26(28)24-13-12-19-7-1-3-10-23(19)30-24/h1-15,17H,16H2,(H2,28,31)/b29-15-. The van der Waals surface area contributed by atoms with Crippen molar-refractivity contribution >= 4 is 45.5 Å². The summed E-state index contributed by atoms with van der Waals surface area (Å²) in [6.45, 7) is 0.710. The molecule has 0 aliphatic rings. The molecule has 2 heterocycles. The Hall–Kier alpha value is -3.96. The van der Waals surface area contributed by atoms with E-state index in [1.165, 1.54) is 0 Å². The average molecular weight is 438 g/mol. The summed E-state index contributed by atoms with van der Waals surface area (Å²) in [5, 5.41) is 11.3. The molecule has 0 atom stereocenters. The van der Waals surface area contributed by atoms with Crippen LogP contribution in [0.2, 0.25) is 5.02 Å². The lowest BCUT2D eigenvalue weighted by Gasteiger charge is -2.05. The molecule has 6 heteroatoms. The SMILES string of the molecule is N/C(=N\N=C/c1cn(Cc2cccc(Cl)c2)c2ccccc12)c1ccc2ccccc2n1. The zero-order valence-corrected chi connectivity index (χ0v) is 17.9. The van der Waals surface area contributed by atoms with Gasteiger partial charge in [0.2, 0.25) is 0 Å². The van der Waals surface area contributed by atoms with E-state index in [-0.39, 0.29) is 5.84 Å². The summed E-state index contributed by atoms with van der Waals surface area (Å²) in [6, 6.07) is 27.8. The van der Waals surface area contributed by atoms with Crippen molar-refractivity contribution in [1.29, 1.82) is 0 Å². The molecular weight excluding hydrogens is 418 g/mol. The number of nitrogens with zero attached hydrogens (tertiary/aromatic N) is 4. The van der Waals surface area contributed by atoms with E-state index in [0.29, 0.717) is 12.2 Å². The monoisotopic (exact) mass is 437 g/mol. The van der Waals surface area contributed by atoms with Crippen LogP contribution in [0.1, 0.15) is 16.8 Å². The Balaban J connectivity index is 1.44. The van der Waals surface area contributed by atoms with Crippen molar-refractivity contribution in [3.8, 4) is 0 Å². The molecule has 0 aliphatic heterocycles. The molecular formula is C26H20ClN5. The Morgan fingerprint density at radius 1 is 0.969 bits per heavy atom. The van der Waals surface area contributed by atoms with E-state index in [1.807, 2.05) is 66.7 Å². The van der Waals surface area contributed by atoms with Gasteiger partial charge in [0.15, 0.2) is 5.84 Å². The Morgan fingerprint density at radius 3 is 2.72 bits per heavy atom. The number of amidine groups is 1. The maximum Gasteiger partial charge on any atom is 0.172 e. The third-order valence-electron chi connectivity index (χ3n) is 5.28. The molecule has 0 spiro atoms. The fourth-order valence-corrected chi connectivity index (χ4v) is 3.97. The molecule has 3 aromatic carbocycles. The molecule has 0 saturated heterocycles. The van der Waals surface area contributed by atoms with Gasteiger partial charge in [0.1, 0.15) is 5.69 Å². The second kappa shape index (κ2) is 8.65. The highest BCUT2D eigenvalue weighted by Crippen LogP contribution is 2.22. The lowest BCUT2D eigenvalue weighted by Crippen LogP contribution is -2.14. The van der Waals surface area contributed by atoms with Crippen molar-refractivity contribution < 1.29 is 0 Å². The summed E-state index contributed by atoms with van der Waals surface area (Å²) in [7, 11) is 0. The molecule has 0 bridgehead atoms. The molecule has 0 aliphatic carbocycles. The molecule has 0 amide bonds. The first-order valence-electron chi connectivity index (χ1n) is 10.2. The predicted molar refractivity (Wildman–Crippen MR) is 133 cm³/mol. The molecule has 5 nitrogen and oxygen atoms in total. The van der Waals surface area contributed by atoms with Crippen molar-refractivity contribution in [2.24, 2.45) is 15.9 Å². The molecule has 0 radical (unpaired) electrons. The zero-order chi connectivity index (χ0) is 21.9. The number of nitrogens with two attached hydrogens (primary N) is 1. The number of pyridine rings is 1. The number of halogens is 1. The highest BCUT2D eigenvalue weighted by Gasteiger charge is 2.08. The molecule has 2 aromatic heterocycles. The topological polar surface area (TPSA) is 68.6 Å². The highest BCUT2D eigenvalue weighted by atomic mass is 35.5. The van der Waals surface area contributed by atoms with E-state index < -0.39 is 0 Å². The van der Waals surface area contributed by atoms with Gasteiger partial charge in [-0.15, -0.1) is 5.10 Å². The van der Waals surface area contributed by atoms with E-state index in [0.717, 1.165) is 38.0 Å². The van der Waals surface area contributed by atoms with E-state index in [9.17, 15) is 0 Å². The van der Waals surface area contributed by atoms with Gasteiger partial charge in [-0.1, -0.05) is 66.2 Å². The highest BCUT2D eigenvalue weighted by molar-refractivity contribution is 6.30. The number of aromatic nitrogens is 2. The zero-order valence-electron chi connectivity index (χ0n) is 17.2. The van der Waals surface area contributed by atoms with Gasteiger partial charge >= 0.3 is 0 Å². The normalized spacial score (nSPS) is 12.2. The van der Waals surface area contributed by atoms with E-state index >= 15 is 0 Å². The van der Waals surface area contributed by atoms with Gasteiger partial charge in [-0.2, -0.15) is 5.10 Å². The van der Waals surface area contributed by atoms with Crippen molar-refractivity contribution in [2.45, 2.75) is 6.54 Å². The minimum atomic E-state index is 0.273.